The van der Waals surface area contributed by atoms with E-state index in [-0.39, 0.29) is 5.91 Å². The molecule has 1 aromatic carbocycles. The van der Waals surface area contributed by atoms with Crippen LogP contribution >= 0.6 is 0 Å². The molecule has 0 spiro atoms. The van der Waals surface area contributed by atoms with Crippen molar-refractivity contribution in [1.82, 2.24) is 4.90 Å². The van der Waals surface area contributed by atoms with Gasteiger partial charge in [0, 0.05) is 18.7 Å². The molecule has 104 valence electrons. The molecule has 20 heavy (non-hydrogen) atoms. The van der Waals surface area contributed by atoms with Gasteiger partial charge in [0.25, 0.3) is 5.91 Å². The average molecular weight is 271 g/mol. The molecule has 2 heterocycles. The van der Waals surface area contributed by atoms with E-state index in [1.165, 1.54) is 0 Å². The van der Waals surface area contributed by atoms with E-state index < -0.39 is 0 Å². The first-order valence-electron chi connectivity index (χ1n) is 6.81. The summed E-state index contributed by atoms with van der Waals surface area (Å²) in [6, 6.07) is 11.2. The molecule has 1 fully saturated rings. The third-order valence-electron chi connectivity index (χ3n) is 3.56. The molecule has 1 aliphatic rings. The van der Waals surface area contributed by atoms with E-state index >= 15 is 0 Å². The minimum Gasteiger partial charge on any atom is -0.497 e. The molecule has 0 unspecified atom stereocenters. The number of rotatable bonds is 3. The predicted molar refractivity (Wildman–Crippen MR) is 75.8 cm³/mol. The van der Waals surface area contributed by atoms with Crippen LogP contribution in [0.25, 0.3) is 11.3 Å². The molecule has 4 nitrogen and oxygen atoms in total. The fourth-order valence-electron chi connectivity index (χ4n) is 2.46. The Kier molecular flexibility index (Phi) is 3.46. The lowest BCUT2D eigenvalue weighted by Crippen LogP contribution is -2.27. The van der Waals surface area contributed by atoms with Crippen molar-refractivity contribution in [3.63, 3.8) is 0 Å². The van der Waals surface area contributed by atoms with Gasteiger partial charge < -0.3 is 14.1 Å². The maximum atomic E-state index is 12.2. The molecule has 3 rings (SSSR count). The molecular formula is C16H17NO3. The number of nitrogens with zero attached hydrogens (tertiary/aromatic N) is 1. The molecule has 2 aromatic rings. The van der Waals surface area contributed by atoms with Crippen LogP contribution in [0.1, 0.15) is 23.4 Å². The average Bonchev–Trinajstić information content (AvgIpc) is 3.18. The molecule has 1 aliphatic heterocycles. The number of hydrogen-bond acceptors (Lipinski definition) is 3. The summed E-state index contributed by atoms with van der Waals surface area (Å²) in [5, 5.41) is 0. The van der Waals surface area contributed by atoms with Crippen LogP contribution in [0.15, 0.2) is 40.8 Å². The highest BCUT2D eigenvalue weighted by atomic mass is 16.5. The van der Waals surface area contributed by atoms with Gasteiger partial charge in [-0.3, -0.25) is 4.79 Å². The van der Waals surface area contributed by atoms with Gasteiger partial charge in [-0.2, -0.15) is 0 Å². The van der Waals surface area contributed by atoms with Crippen molar-refractivity contribution in [2.24, 2.45) is 0 Å². The summed E-state index contributed by atoms with van der Waals surface area (Å²) in [5.74, 6) is 1.85. The Balaban J connectivity index is 1.83. The second-order valence-corrected chi connectivity index (χ2v) is 4.90. The molecule has 0 bridgehead atoms. The van der Waals surface area contributed by atoms with Crippen LogP contribution in [0, 0.1) is 0 Å². The second kappa shape index (κ2) is 5.41. The van der Waals surface area contributed by atoms with Crippen molar-refractivity contribution >= 4 is 5.91 Å². The van der Waals surface area contributed by atoms with Crippen molar-refractivity contribution in [1.29, 1.82) is 0 Å². The highest BCUT2D eigenvalue weighted by Crippen LogP contribution is 2.26. The largest absolute Gasteiger partial charge is 0.497 e. The Hall–Kier alpha value is -2.23. The Bertz CT molecular complexity index is 612. The number of benzene rings is 1. The van der Waals surface area contributed by atoms with Crippen LogP contribution in [0.2, 0.25) is 0 Å². The summed E-state index contributed by atoms with van der Waals surface area (Å²) >= 11 is 0. The van der Waals surface area contributed by atoms with Gasteiger partial charge >= 0.3 is 0 Å². The van der Waals surface area contributed by atoms with Crippen molar-refractivity contribution < 1.29 is 13.9 Å². The Labute approximate surface area is 118 Å². The fraction of sp³-hybridized carbons (Fsp3) is 0.312. The molecule has 0 saturated carbocycles. The number of ether oxygens (including phenoxy) is 1. The zero-order valence-electron chi connectivity index (χ0n) is 11.5. The number of carbonyl (C=O) groups excluding carboxylic acids is 1. The van der Waals surface area contributed by atoms with Crippen LogP contribution in [-0.2, 0) is 0 Å². The number of methoxy groups -OCH3 is 1. The Morgan fingerprint density at radius 2 is 2.00 bits per heavy atom. The second-order valence-electron chi connectivity index (χ2n) is 4.90. The van der Waals surface area contributed by atoms with Gasteiger partial charge in [0.1, 0.15) is 11.5 Å². The SMILES string of the molecule is COc1cccc(-c2ccc(C(=O)N3CCCC3)o2)c1. The van der Waals surface area contributed by atoms with Crippen molar-refractivity contribution in [3.8, 4) is 17.1 Å². The van der Waals surface area contributed by atoms with E-state index in [0.29, 0.717) is 11.5 Å². The topological polar surface area (TPSA) is 42.7 Å². The van der Waals surface area contributed by atoms with Gasteiger partial charge in [0.15, 0.2) is 5.76 Å². The number of likely N-dealkylation sites (tertiary alicyclic amines) is 1. The van der Waals surface area contributed by atoms with E-state index in [2.05, 4.69) is 0 Å². The fourth-order valence-corrected chi connectivity index (χ4v) is 2.46. The van der Waals surface area contributed by atoms with E-state index in [1.54, 1.807) is 13.2 Å². The third kappa shape index (κ3) is 2.41. The summed E-state index contributed by atoms with van der Waals surface area (Å²) in [6.45, 7) is 1.65. The smallest absolute Gasteiger partial charge is 0.289 e. The van der Waals surface area contributed by atoms with Crippen LogP contribution < -0.4 is 4.74 Å². The minimum atomic E-state index is -0.0170. The molecule has 1 aromatic heterocycles. The van der Waals surface area contributed by atoms with E-state index in [1.807, 2.05) is 35.2 Å². The first-order chi connectivity index (χ1) is 9.78. The van der Waals surface area contributed by atoms with Crippen LogP contribution in [0.4, 0.5) is 0 Å². The summed E-state index contributed by atoms with van der Waals surface area (Å²) in [5.41, 5.74) is 0.907. The first-order valence-corrected chi connectivity index (χ1v) is 6.81. The van der Waals surface area contributed by atoms with Gasteiger partial charge in [0.2, 0.25) is 0 Å². The minimum absolute atomic E-state index is 0.0170. The lowest BCUT2D eigenvalue weighted by Gasteiger charge is -2.12. The summed E-state index contributed by atoms with van der Waals surface area (Å²) in [7, 11) is 1.63. The van der Waals surface area contributed by atoms with E-state index in [4.69, 9.17) is 9.15 Å². The summed E-state index contributed by atoms with van der Waals surface area (Å²) in [6.07, 6.45) is 2.16. The lowest BCUT2D eigenvalue weighted by molar-refractivity contribution is 0.0762. The van der Waals surface area contributed by atoms with Crippen LogP contribution in [0.5, 0.6) is 5.75 Å². The monoisotopic (exact) mass is 271 g/mol. The number of hydrogen-bond donors (Lipinski definition) is 0. The normalized spacial score (nSPS) is 14.6. The first kappa shape index (κ1) is 12.8. The molecule has 0 atom stereocenters. The van der Waals surface area contributed by atoms with E-state index in [9.17, 15) is 4.79 Å². The van der Waals surface area contributed by atoms with Gasteiger partial charge in [-0.1, -0.05) is 12.1 Å². The van der Waals surface area contributed by atoms with Crippen LogP contribution in [-0.4, -0.2) is 31.0 Å². The van der Waals surface area contributed by atoms with Crippen molar-refractivity contribution in [2.45, 2.75) is 12.8 Å². The summed E-state index contributed by atoms with van der Waals surface area (Å²) < 4.78 is 10.9. The number of furan rings is 1. The predicted octanol–water partition coefficient (Wildman–Crippen LogP) is 3.19. The number of amides is 1. The molecule has 1 saturated heterocycles. The van der Waals surface area contributed by atoms with Gasteiger partial charge in [0.05, 0.1) is 7.11 Å². The molecular weight excluding hydrogens is 254 g/mol. The zero-order chi connectivity index (χ0) is 13.9. The van der Waals surface area contributed by atoms with Crippen molar-refractivity contribution in [3.05, 3.63) is 42.2 Å². The van der Waals surface area contributed by atoms with Gasteiger partial charge in [-0.25, -0.2) is 0 Å². The Morgan fingerprint density at radius 3 is 2.75 bits per heavy atom. The van der Waals surface area contributed by atoms with Crippen molar-refractivity contribution in [2.75, 3.05) is 20.2 Å². The summed E-state index contributed by atoms with van der Waals surface area (Å²) in [4.78, 5) is 14.1. The maximum absolute atomic E-state index is 12.2. The molecule has 0 radical (unpaired) electrons. The standard InChI is InChI=1S/C16H17NO3/c1-19-13-6-4-5-12(11-13)14-7-8-15(20-14)16(18)17-9-2-3-10-17/h4-8,11H,2-3,9-10H2,1H3. The molecule has 4 heteroatoms. The van der Waals surface area contributed by atoms with Gasteiger partial charge in [-0.15, -0.1) is 0 Å². The lowest BCUT2D eigenvalue weighted by atomic mass is 10.2. The third-order valence-corrected chi connectivity index (χ3v) is 3.56. The van der Waals surface area contributed by atoms with Gasteiger partial charge in [-0.05, 0) is 37.1 Å². The molecule has 0 N–H and O–H groups in total. The Morgan fingerprint density at radius 1 is 1.20 bits per heavy atom. The number of carbonyl (C=O) groups is 1. The highest BCUT2D eigenvalue weighted by molar-refractivity contribution is 5.92. The van der Waals surface area contributed by atoms with Crippen LogP contribution in [0.3, 0.4) is 0 Å². The zero-order valence-corrected chi connectivity index (χ0v) is 11.5. The van der Waals surface area contributed by atoms with E-state index in [0.717, 1.165) is 37.2 Å². The molecule has 1 amide bonds. The quantitative estimate of drug-likeness (QED) is 0.861. The molecule has 0 aliphatic carbocycles. The highest BCUT2D eigenvalue weighted by Gasteiger charge is 2.22. The maximum Gasteiger partial charge on any atom is 0.289 e.